The molecule has 1 N–H and O–H groups in total. The third-order valence-corrected chi connectivity index (χ3v) is 4.18. The number of aromatic nitrogens is 1. The van der Waals surface area contributed by atoms with Crippen molar-refractivity contribution in [3.63, 3.8) is 0 Å². The topological polar surface area (TPSA) is 37.4 Å². The predicted octanol–water partition coefficient (Wildman–Crippen LogP) is 1.17. The number of pyridine rings is 1. The maximum atomic E-state index is 5.78. The van der Waals surface area contributed by atoms with E-state index in [4.69, 9.17) is 4.74 Å². The summed E-state index contributed by atoms with van der Waals surface area (Å²) in [4.78, 5) is 7.10. The molecule has 0 aliphatic carbocycles. The molecule has 19 heavy (non-hydrogen) atoms. The van der Waals surface area contributed by atoms with Crippen LogP contribution in [0.1, 0.15) is 23.6 Å². The number of morpholine rings is 1. The molecule has 4 heteroatoms. The van der Waals surface area contributed by atoms with Crippen LogP contribution >= 0.6 is 0 Å². The summed E-state index contributed by atoms with van der Waals surface area (Å²) in [6, 6.07) is 4.19. The molecule has 104 valence electrons. The standard InChI is InChI=1S/C15H23N3O/c1-12-3-2-5-17-15(12)13-4-7-18(10-13)11-14-9-16-6-8-19-14/h2-3,5,13-14,16H,4,6-11H2,1H3. The molecule has 0 saturated carbocycles. The number of hydrogen-bond donors (Lipinski definition) is 1. The summed E-state index contributed by atoms with van der Waals surface area (Å²) in [6.45, 7) is 8.34. The van der Waals surface area contributed by atoms with Gasteiger partial charge in [-0.2, -0.15) is 0 Å². The van der Waals surface area contributed by atoms with Crippen LogP contribution in [0.4, 0.5) is 0 Å². The smallest absolute Gasteiger partial charge is 0.0826 e. The number of nitrogens with one attached hydrogen (secondary N) is 1. The lowest BCUT2D eigenvalue weighted by molar-refractivity contribution is 0.00944. The minimum atomic E-state index is 0.359. The fraction of sp³-hybridized carbons (Fsp3) is 0.667. The quantitative estimate of drug-likeness (QED) is 0.886. The van der Waals surface area contributed by atoms with Crippen molar-refractivity contribution in [2.24, 2.45) is 0 Å². The van der Waals surface area contributed by atoms with Crippen molar-refractivity contribution in [1.82, 2.24) is 15.2 Å². The van der Waals surface area contributed by atoms with Crippen molar-refractivity contribution in [3.8, 4) is 0 Å². The molecule has 2 aliphatic rings. The normalized spacial score (nSPS) is 28.7. The Morgan fingerprint density at radius 1 is 1.53 bits per heavy atom. The van der Waals surface area contributed by atoms with Crippen LogP contribution in [0.15, 0.2) is 18.3 Å². The van der Waals surface area contributed by atoms with Gasteiger partial charge in [0.25, 0.3) is 0 Å². The molecule has 3 heterocycles. The van der Waals surface area contributed by atoms with Crippen LogP contribution in [0, 0.1) is 6.92 Å². The Labute approximate surface area is 115 Å². The number of rotatable bonds is 3. The highest BCUT2D eigenvalue weighted by Gasteiger charge is 2.28. The second-order valence-electron chi connectivity index (χ2n) is 5.65. The molecule has 0 bridgehead atoms. The molecule has 1 aromatic rings. The Morgan fingerprint density at radius 3 is 3.26 bits per heavy atom. The SMILES string of the molecule is Cc1cccnc1C1CCN(CC2CNCCO2)C1. The first-order chi connectivity index (χ1) is 9.33. The first kappa shape index (κ1) is 13.0. The Bertz CT molecular complexity index is 418. The van der Waals surface area contributed by atoms with Gasteiger partial charge in [0.1, 0.15) is 0 Å². The van der Waals surface area contributed by atoms with Gasteiger partial charge in [0.15, 0.2) is 0 Å². The summed E-state index contributed by atoms with van der Waals surface area (Å²) in [6.07, 6.45) is 3.49. The highest BCUT2D eigenvalue weighted by molar-refractivity contribution is 5.22. The molecule has 2 fully saturated rings. The van der Waals surface area contributed by atoms with Crippen LogP contribution in [-0.2, 0) is 4.74 Å². The maximum absolute atomic E-state index is 5.78. The lowest BCUT2D eigenvalue weighted by Gasteiger charge is -2.27. The zero-order valence-electron chi connectivity index (χ0n) is 11.6. The number of ether oxygens (including phenoxy) is 1. The Balaban J connectivity index is 1.56. The van der Waals surface area contributed by atoms with Gasteiger partial charge in [-0.15, -0.1) is 0 Å². The van der Waals surface area contributed by atoms with Crippen molar-refractivity contribution in [2.75, 3.05) is 39.3 Å². The van der Waals surface area contributed by atoms with E-state index in [1.165, 1.54) is 24.2 Å². The predicted molar refractivity (Wildman–Crippen MR) is 75.4 cm³/mol. The zero-order chi connectivity index (χ0) is 13.1. The lowest BCUT2D eigenvalue weighted by atomic mass is 10.0. The number of aryl methyl sites for hydroxylation is 1. The molecule has 3 rings (SSSR count). The van der Waals surface area contributed by atoms with Gasteiger partial charge in [-0.3, -0.25) is 4.98 Å². The van der Waals surface area contributed by atoms with Gasteiger partial charge in [0.05, 0.1) is 12.7 Å². The maximum Gasteiger partial charge on any atom is 0.0826 e. The van der Waals surface area contributed by atoms with Gasteiger partial charge in [-0.05, 0) is 31.5 Å². The molecular weight excluding hydrogens is 238 g/mol. The summed E-state index contributed by atoms with van der Waals surface area (Å²) in [5.74, 6) is 0.595. The Morgan fingerprint density at radius 2 is 2.47 bits per heavy atom. The van der Waals surface area contributed by atoms with E-state index < -0.39 is 0 Å². The largest absolute Gasteiger partial charge is 0.374 e. The van der Waals surface area contributed by atoms with E-state index in [0.717, 1.165) is 32.8 Å². The van der Waals surface area contributed by atoms with E-state index in [-0.39, 0.29) is 0 Å². The average Bonchev–Trinajstić information content (AvgIpc) is 2.89. The van der Waals surface area contributed by atoms with E-state index >= 15 is 0 Å². The molecule has 1 aromatic heterocycles. The highest BCUT2D eigenvalue weighted by atomic mass is 16.5. The molecule has 2 unspecified atom stereocenters. The summed E-state index contributed by atoms with van der Waals surface area (Å²) >= 11 is 0. The second-order valence-corrected chi connectivity index (χ2v) is 5.65. The second kappa shape index (κ2) is 5.99. The minimum absolute atomic E-state index is 0.359. The van der Waals surface area contributed by atoms with E-state index in [1.807, 2.05) is 12.3 Å². The third kappa shape index (κ3) is 3.14. The first-order valence-electron chi connectivity index (χ1n) is 7.29. The van der Waals surface area contributed by atoms with Crippen LogP contribution in [-0.4, -0.2) is 55.3 Å². The molecule has 2 atom stereocenters. The number of nitrogens with zero attached hydrogens (tertiary/aromatic N) is 2. The van der Waals surface area contributed by atoms with Crippen LogP contribution < -0.4 is 5.32 Å². The molecule has 2 saturated heterocycles. The van der Waals surface area contributed by atoms with Crippen LogP contribution in [0.5, 0.6) is 0 Å². The molecule has 0 spiro atoms. The third-order valence-electron chi connectivity index (χ3n) is 4.18. The van der Waals surface area contributed by atoms with E-state index in [2.05, 4.69) is 28.2 Å². The molecule has 4 nitrogen and oxygen atoms in total. The molecule has 0 aromatic carbocycles. The van der Waals surface area contributed by atoms with Gasteiger partial charge < -0.3 is 15.0 Å². The highest BCUT2D eigenvalue weighted by Crippen LogP contribution is 2.27. The fourth-order valence-corrected chi connectivity index (χ4v) is 3.17. The Kier molecular flexibility index (Phi) is 4.11. The Hall–Kier alpha value is -0.970. The van der Waals surface area contributed by atoms with Gasteiger partial charge in [0, 0.05) is 44.0 Å². The van der Waals surface area contributed by atoms with E-state index in [1.54, 1.807) is 0 Å². The van der Waals surface area contributed by atoms with Crippen molar-refractivity contribution < 1.29 is 4.74 Å². The molecule has 0 amide bonds. The molecular formula is C15H23N3O. The summed E-state index contributed by atoms with van der Waals surface area (Å²) in [5.41, 5.74) is 2.61. The number of hydrogen-bond acceptors (Lipinski definition) is 4. The van der Waals surface area contributed by atoms with Crippen molar-refractivity contribution >= 4 is 0 Å². The van der Waals surface area contributed by atoms with Crippen LogP contribution in [0.25, 0.3) is 0 Å². The first-order valence-corrected chi connectivity index (χ1v) is 7.29. The summed E-state index contributed by atoms with van der Waals surface area (Å²) in [5, 5.41) is 3.40. The van der Waals surface area contributed by atoms with E-state index in [0.29, 0.717) is 12.0 Å². The molecule has 0 radical (unpaired) electrons. The van der Waals surface area contributed by atoms with Crippen LogP contribution in [0.2, 0.25) is 0 Å². The summed E-state index contributed by atoms with van der Waals surface area (Å²) < 4.78 is 5.78. The van der Waals surface area contributed by atoms with Gasteiger partial charge in [-0.1, -0.05) is 6.07 Å². The molecule has 2 aliphatic heterocycles. The minimum Gasteiger partial charge on any atom is -0.374 e. The van der Waals surface area contributed by atoms with Gasteiger partial charge >= 0.3 is 0 Å². The zero-order valence-corrected chi connectivity index (χ0v) is 11.6. The lowest BCUT2D eigenvalue weighted by Crippen LogP contribution is -2.44. The fourth-order valence-electron chi connectivity index (χ4n) is 3.17. The van der Waals surface area contributed by atoms with Crippen molar-refractivity contribution in [3.05, 3.63) is 29.6 Å². The monoisotopic (exact) mass is 261 g/mol. The van der Waals surface area contributed by atoms with E-state index in [9.17, 15) is 0 Å². The van der Waals surface area contributed by atoms with Gasteiger partial charge in [0.2, 0.25) is 0 Å². The van der Waals surface area contributed by atoms with Crippen LogP contribution in [0.3, 0.4) is 0 Å². The van der Waals surface area contributed by atoms with Crippen molar-refractivity contribution in [2.45, 2.75) is 25.4 Å². The average molecular weight is 261 g/mol. The van der Waals surface area contributed by atoms with Gasteiger partial charge in [-0.25, -0.2) is 0 Å². The number of likely N-dealkylation sites (tertiary alicyclic amines) is 1. The van der Waals surface area contributed by atoms with Crippen molar-refractivity contribution in [1.29, 1.82) is 0 Å². The summed E-state index contributed by atoms with van der Waals surface area (Å²) in [7, 11) is 0.